The highest BCUT2D eigenvalue weighted by atomic mass is 19.1. The van der Waals surface area contributed by atoms with Crippen LogP contribution in [0.3, 0.4) is 0 Å². The van der Waals surface area contributed by atoms with Crippen LogP contribution in [0, 0.1) is 34.2 Å². The van der Waals surface area contributed by atoms with E-state index in [1.54, 1.807) is 31.2 Å². The maximum absolute atomic E-state index is 13.2. The van der Waals surface area contributed by atoms with Crippen molar-refractivity contribution in [3.63, 3.8) is 0 Å². The smallest absolute Gasteiger partial charge is 0.272 e. The third-order valence-electron chi connectivity index (χ3n) is 3.04. The maximum Gasteiger partial charge on any atom is 0.272 e. The molecular formula is C15H12FN3O2. The molecule has 0 aliphatic heterocycles. The second kappa shape index (κ2) is 6.01. The van der Waals surface area contributed by atoms with E-state index < -0.39 is 10.7 Å². The molecule has 0 atom stereocenters. The van der Waals surface area contributed by atoms with Crippen LogP contribution >= 0.6 is 0 Å². The fraction of sp³-hybridized carbons (Fsp3) is 0.133. The Bertz CT molecular complexity index is 738. The number of rotatable bonds is 4. The number of hydrogen-bond donors (Lipinski definition) is 1. The van der Waals surface area contributed by atoms with E-state index in [0.717, 1.165) is 11.3 Å². The highest BCUT2D eigenvalue weighted by Gasteiger charge is 2.10. The number of hydrogen-bond acceptors (Lipinski definition) is 4. The first-order chi connectivity index (χ1) is 10.0. The van der Waals surface area contributed by atoms with Crippen LogP contribution in [-0.4, -0.2) is 4.92 Å². The summed E-state index contributed by atoms with van der Waals surface area (Å²) in [5.74, 6) is -0.549. The average molecular weight is 285 g/mol. The molecule has 0 fully saturated rings. The first-order valence-electron chi connectivity index (χ1n) is 6.18. The first kappa shape index (κ1) is 14.5. The number of halogens is 1. The summed E-state index contributed by atoms with van der Waals surface area (Å²) in [7, 11) is 0. The molecular weight excluding hydrogens is 273 g/mol. The minimum absolute atomic E-state index is 0.00539. The molecule has 1 N–H and O–H groups in total. The minimum atomic E-state index is -0.549. The van der Waals surface area contributed by atoms with E-state index in [9.17, 15) is 14.5 Å². The van der Waals surface area contributed by atoms with E-state index in [1.165, 1.54) is 18.2 Å². The largest absolute Gasteiger partial charge is 0.381 e. The van der Waals surface area contributed by atoms with Crippen LogP contribution in [0.1, 0.15) is 16.7 Å². The van der Waals surface area contributed by atoms with Crippen LogP contribution in [-0.2, 0) is 6.54 Å². The lowest BCUT2D eigenvalue weighted by molar-refractivity contribution is -0.385. The molecule has 0 spiro atoms. The highest BCUT2D eigenvalue weighted by Crippen LogP contribution is 2.22. The molecule has 0 aliphatic rings. The number of nitrogens with zero attached hydrogens (tertiary/aromatic N) is 2. The van der Waals surface area contributed by atoms with Crippen molar-refractivity contribution in [3.8, 4) is 6.07 Å². The van der Waals surface area contributed by atoms with Crippen LogP contribution in [0.15, 0.2) is 36.4 Å². The van der Waals surface area contributed by atoms with Crippen molar-refractivity contribution in [1.29, 1.82) is 5.26 Å². The molecule has 0 saturated heterocycles. The summed E-state index contributed by atoms with van der Waals surface area (Å²) in [6.45, 7) is 2.06. The summed E-state index contributed by atoms with van der Waals surface area (Å²) in [5.41, 5.74) is 2.09. The van der Waals surface area contributed by atoms with E-state index in [4.69, 9.17) is 5.26 Å². The van der Waals surface area contributed by atoms with Crippen LogP contribution in [0.5, 0.6) is 0 Å². The van der Waals surface area contributed by atoms with Gasteiger partial charge in [-0.25, -0.2) is 4.39 Å². The van der Waals surface area contributed by atoms with Crippen molar-refractivity contribution >= 4 is 11.4 Å². The Morgan fingerprint density at radius 1 is 1.33 bits per heavy atom. The number of nitriles is 1. The molecule has 0 bridgehead atoms. The summed E-state index contributed by atoms with van der Waals surface area (Å²) in [4.78, 5) is 10.3. The van der Waals surface area contributed by atoms with Crippen molar-refractivity contribution in [2.24, 2.45) is 0 Å². The molecule has 6 heteroatoms. The van der Waals surface area contributed by atoms with Gasteiger partial charge >= 0.3 is 0 Å². The van der Waals surface area contributed by atoms with Gasteiger partial charge < -0.3 is 5.32 Å². The molecule has 2 aromatic rings. The number of anilines is 1. The summed E-state index contributed by atoms with van der Waals surface area (Å²) >= 11 is 0. The molecule has 0 aromatic heterocycles. The third kappa shape index (κ3) is 3.34. The molecule has 21 heavy (non-hydrogen) atoms. The van der Waals surface area contributed by atoms with E-state index in [1.807, 2.05) is 0 Å². The maximum atomic E-state index is 13.2. The normalized spacial score (nSPS) is 9.95. The topological polar surface area (TPSA) is 79.0 Å². The molecule has 0 heterocycles. The highest BCUT2D eigenvalue weighted by molar-refractivity contribution is 5.53. The number of aryl methyl sites for hydroxylation is 1. The zero-order valence-electron chi connectivity index (χ0n) is 11.3. The van der Waals surface area contributed by atoms with E-state index >= 15 is 0 Å². The molecule has 106 valence electrons. The zero-order chi connectivity index (χ0) is 15.4. The standard InChI is InChI=1S/C15H12FN3O2/c1-10-6-13(3-5-15(10)19(20)21)18-9-11-2-4-14(16)12(7-11)8-17/h2-7,18H,9H2,1H3. The number of nitrogens with one attached hydrogen (secondary N) is 1. The van der Waals surface area contributed by atoms with Gasteiger partial charge in [-0.1, -0.05) is 6.07 Å². The molecule has 0 saturated carbocycles. The fourth-order valence-corrected chi connectivity index (χ4v) is 1.94. The number of nitro groups is 1. The molecule has 0 amide bonds. The van der Waals surface area contributed by atoms with Crippen molar-refractivity contribution in [2.75, 3.05) is 5.32 Å². The third-order valence-corrected chi connectivity index (χ3v) is 3.04. The van der Waals surface area contributed by atoms with E-state index in [-0.39, 0.29) is 11.3 Å². The predicted molar refractivity (Wildman–Crippen MR) is 76.3 cm³/mol. The van der Waals surface area contributed by atoms with Gasteiger partial charge in [-0.05, 0) is 36.8 Å². The van der Waals surface area contributed by atoms with Gasteiger partial charge in [0.05, 0.1) is 10.5 Å². The Labute approximate surface area is 120 Å². The summed E-state index contributed by atoms with van der Waals surface area (Å²) in [5, 5.41) is 22.6. The quantitative estimate of drug-likeness (QED) is 0.688. The Morgan fingerprint density at radius 3 is 2.71 bits per heavy atom. The van der Waals surface area contributed by atoms with Crippen molar-refractivity contribution in [3.05, 3.63) is 69.0 Å². The second-order valence-electron chi connectivity index (χ2n) is 4.54. The number of nitro benzene ring substituents is 1. The summed E-state index contributed by atoms with van der Waals surface area (Å²) < 4.78 is 13.2. The first-order valence-corrected chi connectivity index (χ1v) is 6.18. The second-order valence-corrected chi connectivity index (χ2v) is 4.54. The predicted octanol–water partition coefficient (Wildman–Crippen LogP) is 3.53. The van der Waals surface area contributed by atoms with Crippen LogP contribution < -0.4 is 5.32 Å². The van der Waals surface area contributed by atoms with Gasteiger partial charge in [0.1, 0.15) is 11.9 Å². The van der Waals surface area contributed by atoms with Gasteiger partial charge in [0, 0.05) is 23.9 Å². The van der Waals surface area contributed by atoms with Gasteiger partial charge in [0.25, 0.3) is 5.69 Å². The summed E-state index contributed by atoms with van der Waals surface area (Å²) in [6, 6.07) is 10.8. The van der Waals surface area contributed by atoms with Gasteiger partial charge in [-0.15, -0.1) is 0 Å². The summed E-state index contributed by atoms with van der Waals surface area (Å²) in [6.07, 6.45) is 0. The lowest BCUT2D eigenvalue weighted by atomic mass is 10.1. The Morgan fingerprint density at radius 2 is 2.10 bits per heavy atom. The monoisotopic (exact) mass is 285 g/mol. The van der Waals surface area contributed by atoms with Gasteiger partial charge in [0.2, 0.25) is 0 Å². The van der Waals surface area contributed by atoms with Crippen molar-refractivity contribution in [2.45, 2.75) is 13.5 Å². The molecule has 5 nitrogen and oxygen atoms in total. The van der Waals surface area contributed by atoms with Crippen LogP contribution in [0.25, 0.3) is 0 Å². The molecule has 2 rings (SSSR count). The van der Waals surface area contributed by atoms with Gasteiger partial charge in [0.15, 0.2) is 0 Å². The Balaban J connectivity index is 2.12. The SMILES string of the molecule is Cc1cc(NCc2ccc(F)c(C#N)c2)ccc1[N+](=O)[O-]. The molecule has 0 radical (unpaired) electrons. The molecule has 0 aliphatic carbocycles. The zero-order valence-corrected chi connectivity index (χ0v) is 11.3. The lowest BCUT2D eigenvalue weighted by Crippen LogP contribution is -2.01. The van der Waals surface area contributed by atoms with Crippen LogP contribution in [0.4, 0.5) is 15.8 Å². The molecule has 0 unspecified atom stereocenters. The van der Waals surface area contributed by atoms with Crippen molar-refractivity contribution < 1.29 is 9.31 Å². The minimum Gasteiger partial charge on any atom is -0.381 e. The Hall–Kier alpha value is -2.94. The van der Waals surface area contributed by atoms with Gasteiger partial charge in [-0.2, -0.15) is 5.26 Å². The van der Waals surface area contributed by atoms with Gasteiger partial charge in [-0.3, -0.25) is 10.1 Å². The average Bonchev–Trinajstić information content (AvgIpc) is 2.46. The van der Waals surface area contributed by atoms with E-state index in [2.05, 4.69) is 5.32 Å². The van der Waals surface area contributed by atoms with Crippen molar-refractivity contribution in [1.82, 2.24) is 0 Å². The number of benzene rings is 2. The Kier molecular flexibility index (Phi) is 4.14. The molecule has 2 aromatic carbocycles. The van der Waals surface area contributed by atoms with Crippen LogP contribution in [0.2, 0.25) is 0 Å². The lowest BCUT2D eigenvalue weighted by Gasteiger charge is -2.08. The van der Waals surface area contributed by atoms with E-state index in [0.29, 0.717) is 12.1 Å². The fourth-order valence-electron chi connectivity index (χ4n) is 1.94.